The van der Waals surface area contributed by atoms with E-state index in [-0.39, 0.29) is 12.6 Å². The van der Waals surface area contributed by atoms with Crippen molar-refractivity contribution in [2.45, 2.75) is 19.0 Å². The summed E-state index contributed by atoms with van der Waals surface area (Å²) in [4.78, 5) is 21.2. The van der Waals surface area contributed by atoms with E-state index in [0.29, 0.717) is 17.5 Å². The molecule has 4 N–H and O–H groups in total. The molecule has 0 fully saturated rings. The Bertz CT molecular complexity index is 988. The summed E-state index contributed by atoms with van der Waals surface area (Å²) in [7, 11) is 3.39. The minimum absolute atomic E-state index is 0.143. The van der Waals surface area contributed by atoms with E-state index in [0.717, 1.165) is 22.2 Å². The van der Waals surface area contributed by atoms with Crippen LogP contribution in [0, 0.1) is 0 Å². The van der Waals surface area contributed by atoms with Crippen LogP contribution < -0.4 is 10.6 Å². The number of nitrogens with one attached hydrogen (secondary N) is 3. The molecule has 0 saturated carbocycles. The highest BCUT2D eigenvalue weighted by atomic mass is 35.5. The average molecular weight is 402 g/mol. The lowest BCUT2D eigenvalue weighted by Crippen LogP contribution is -2.36. The Balaban J connectivity index is 1.87. The number of carbonyl (C=O) groups is 1. The number of aromatic amines is 1. The molecule has 8 heteroatoms. The van der Waals surface area contributed by atoms with E-state index in [1.165, 1.54) is 4.90 Å². The van der Waals surface area contributed by atoms with Gasteiger partial charge in [-0.25, -0.2) is 9.78 Å². The van der Waals surface area contributed by atoms with Crippen LogP contribution in [0.2, 0.25) is 5.02 Å². The van der Waals surface area contributed by atoms with Gasteiger partial charge in [-0.3, -0.25) is 0 Å². The molecule has 0 bridgehead atoms. The number of hydrogen-bond donors (Lipinski definition) is 4. The van der Waals surface area contributed by atoms with Crippen molar-refractivity contribution >= 4 is 34.6 Å². The smallest absolute Gasteiger partial charge is 0.317 e. The maximum Gasteiger partial charge on any atom is 0.317 e. The molecule has 1 unspecified atom stereocenters. The number of aliphatic hydroxyl groups is 1. The molecule has 1 atom stereocenters. The van der Waals surface area contributed by atoms with Crippen LogP contribution in [0.15, 0.2) is 42.5 Å². The highest BCUT2D eigenvalue weighted by Crippen LogP contribution is 2.28. The van der Waals surface area contributed by atoms with Gasteiger partial charge in [-0.05, 0) is 36.2 Å². The topological polar surface area (TPSA) is 93.3 Å². The van der Waals surface area contributed by atoms with Crippen LogP contribution in [0.4, 0.5) is 10.7 Å². The Kier molecular flexibility index (Phi) is 5.76. The Morgan fingerprint density at radius 2 is 2.04 bits per heavy atom. The number of aliphatic hydroxyl groups excluding tert-OH is 1. The molecule has 0 spiro atoms. The summed E-state index contributed by atoms with van der Waals surface area (Å²) in [5, 5.41) is 16.7. The molecule has 28 heavy (non-hydrogen) atoms. The van der Waals surface area contributed by atoms with E-state index in [1.54, 1.807) is 20.2 Å². The van der Waals surface area contributed by atoms with Crippen molar-refractivity contribution < 1.29 is 9.90 Å². The summed E-state index contributed by atoms with van der Waals surface area (Å²) >= 11 is 6.11. The normalized spacial score (nSPS) is 13.2. The highest BCUT2D eigenvalue weighted by Gasteiger charge is 2.27. The molecule has 0 aliphatic carbocycles. The van der Waals surface area contributed by atoms with Crippen LogP contribution in [0.1, 0.15) is 18.1 Å². The molecule has 2 aromatic carbocycles. The fourth-order valence-electron chi connectivity index (χ4n) is 2.92. The Morgan fingerprint density at radius 3 is 2.71 bits per heavy atom. The third-order valence-corrected chi connectivity index (χ3v) is 4.84. The van der Waals surface area contributed by atoms with Crippen molar-refractivity contribution in [1.82, 2.24) is 20.2 Å². The van der Waals surface area contributed by atoms with Gasteiger partial charge >= 0.3 is 6.03 Å². The minimum atomic E-state index is -0.766. The molecule has 2 amide bonds. The lowest BCUT2D eigenvalue weighted by Gasteiger charge is -2.29. The van der Waals surface area contributed by atoms with Crippen LogP contribution in [-0.2, 0) is 12.1 Å². The zero-order valence-corrected chi connectivity index (χ0v) is 16.8. The van der Waals surface area contributed by atoms with Gasteiger partial charge in [0.15, 0.2) is 0 Å². The molecule has 1 aromatic heterocycles. The van der Waals surface area contributed by atoms with Gasteiger partial charge in [0.05, 0.1) is 23.2 Å². The van der Waals surface area contributed by atoms with E-state index < -0.39 is 5.54 Å². The number of H-pyrrole nitrogens is 1. The van der Waals surface area contributed by atoms with E-state index in [2.05, 4.69) is 20.6 Å². The number of para-hydroxylation sites is 1. The molecular weight excluding hydrogens is 378 g/mol. The Morgan fingerprint density at radius 1 is 1.29 bits per heavy atom. The molecule has 0 radical (unpaired) electrons. The number of imidazole rings is 1. The second-order valence-electron chi connectivity index (χ2n) is 7.08. The first kappa shape index (κ1) is 20.0. The van der Waals surface area contributed by atoms with Gasteiger partial charge in [0.2, 0.25) is 5.95 Å². The largest absolute Gasteiger partial charge is 0.394 e. The zero-order chi connectivity index (χ0) is 20.3. The van der Waals surface area contributed by atoms with Crippen molar-refractivity contribution in [2.24, 2.45) is 0 Å². The predicted molar refractivity (Wildman–Crippen MR) is 112 cm³/mol. The van der Waals surface area contributed by atoms with Crippen LogP contribution in [0.25, 0.3) is 11.0 Å². The molecule has 3 rings (SSSR count). The number of nitrogens with zero attached hydrogens (tertiary/aromatic N) is 2. The average Bonchev–Trinajstić information content (AvgIpc) is 3.08. The molecule has 148 valence electrons. The van der Waals surface area contributed by atoms with Gasteiger partial charge in [0.1, 0.15) is 0 Å². The number of urea groups is 1. The van der Waals surface area contributed by atoms with Gasteiger partial charge in [-0.1, -0.05) is 35.9 Å². The number of aromatic nitrogens is 2. The predicted octanol–water partition coefficient (Wildman–Crippen LogP) is 3.31. The van der Waals surface area contributed by atoms with Crippen LogP contribution in [0.3, 0.4) is 0 Å². The number of amides is 2. The van der Waals surface area contributed by atoms with Gasteiger partial charge in [0.25, 0.3) is 0 Å². The first-order valence-electron chi connectivity index (χ1n) is 8.90. The standard InChI is InChI=1S/C20H24ClN5O2/c1-20(12-27,14-7-5-8-15(21)10-14)25-18-23-16-9-4-6-13(17(16)24-18)11-22-19(28)26(2)3/h4-10,27H,11-12H2,1-3H3,(H,22,28)(H2,23,24,25). The summed E-state index contributed by atoms with van der Waals surface area (Å²) in [6.07, 6.45) is 0. The monoisotopic (exact) mass is 401 g/mol. The molecule has 1 heterocycles. The molecule has 7 nitrogen and oxygen atoms in total. The van der Waals surface area contributed by atoms with Crippen LogP contribution in [-0.4, -0.2) is 46.7 Å². The van der Waals surface area contributed by atoms with E-state index in [1.807, 2.05) is 43.3 Å². The number of rotatable bonds is 6. The van der Waals surface area contributed by atoms with Gasteiger partial charge in [0, 0.05) is 25.7 Å². The van der Waals surface area contributed by atoms with Gasteiger partial charge in [-0.2, -0.15) is 0 Å². The van der Waals surface area contributed by atoms with Crippen molar-refractivity contribution in [3.63, 3.8) is 0 Å². The SMILES string of the molecule is CN(C)C(=O)NCc1cccc2[nH]c(NC(C)(CO)c3cccc(Cl)c3)nc12. The van der Waals surface area contributed by atoms with Crippen molar-refractivity contribution in [3.05, 3.63) is 58.6 Å². The maximum atomic E-state index is 11.8. The van der Waals surface area contributed by atoms with E-state index in [9.17, 15) is 9.90 Å². The van der Waals surface area contributed by atoms with Crippen molar-refractivity contribution in [3.8, 4) is 0 Å². The minimum Gasteiger partial charge on any atom is -0.394 e. The molecule has 0 saturated heterocycles. The zero-order valence-electron chi connectivity index (χ0n) is 16.1. The summed E-state index contributed by atoms with van der Waals surface area (Å²) in [6, 6.07) is 12.9. The summed E-state index contributed by atoms with van der Waals surface area (Å²) in [6.45, 7) is 2.10. The third-order valence-electron chi connectivity index (χ3n) is 4.60. The number of carbonyl (C=O) groups excluding carboxylic acids is 1. The first-order valence-corrected chi connectivity index (χ1v) is 9.28. The maximum absolute atomic E-state index is 11.8. The van der Waals surface area contributed by atoms with Crippen LogP contribution in [0.5, 0.6) is 0 Å². The quantitative estimate of drug-likeness (QED) is 0.509. The third kappa shape index (κ3) is 4.21. The molecule has 0 aliphatic rings. The fraction of sp³-hybridized carbons (Fsp3) is 0.300. The molecule has 3 aromatic rings. The summed E-state index contributed by atoms with van der Waals surface area (Å²) in [5.41, 5.74) is 2.57. The van der Waals surface area contributed by atoms with Gasteiger partial charge < -0.3 is 25.6 Å². The number of anilines is 1. The number of hydrogen-bond acceptors (Lipinski definition) is 4. The van der Waals surface area contributed by atoms with Crippen molar-refractivity contribution in [1.29, 1.82) is 0 Å². The lowest BCUT2D eigenvalue weighted by molar-refractivity contribution is 0.217. The number of fused-ring (bicyclic) bond motifs is 1. The fourth-order valence-corrected chi connectivity index (χ4v) is 3.11. The second kappa shape index (κ2) is 8.08. The summed E-state index contributed by atoms with van der Waals surface area (Å²) in [5.74, 6) is 0.526. The van der Waals surface area contributed by atoms with E-state index in [4.69, 9.17) is 11.6 Å². The molecular formula is C20H24ClN5O2. The van der Waals surface area contributed by atoms with E-state index >= 15 is 0 Å². The van der Waals surface area contributed by atoms with Gasteiger partial charge in [-0.15, -0.1) is 0 Å². The number of benzene rings is 2. The second-order valence-corrected chi connectivity index (χ2v) is 7.51. The van der Waals surface area contributed by atoms with Crippen molar-refractivity contribution in [2.75, 3.05) is 26.0 Å². The number of halogens is 1. The Labute approximate surface area is 168 Å². The first-order chi connectivity index (χ1) is 13.3. The highest BCUT2D eigenvalue weighted by molar-refractivity contribution is 6.30. The Hall–Kier alpha value is -2.77. The molecule has 0 aliphatic heterocycles. The summed E-state index contributed by atoms with van der Waals surface area (Å²) < 4.78 is 0. The lowest BCUT2D eigenvalue weighted by atomic mass is 9.93. The van der Waals surface area contributed by atoms with Crippen LogP contribution >= 0.6 is 11.6 Å².